The summed E-state index contributed by atoms with van der Waals surface area (Å²) in [6, 6.07) is 0. The van der Waals surface area contributed by atoms with Crippen LogP contribution in [0.2, 0.25) is 0 Å². The molecule has 1 heteroatoms. The Kier molecular flexibility index (Phi) is 2.24. The standard InChI is InChI=1S/C9H11N/c1-8-5-3-4-6-9(2)10-7-8/h4-5,7H,3H2,1-2H3. The van der Waals surface area contributed by atoms with E-state index in [0.29, 0.717) is 0 Å². The van der Waals surface area contributed by atoms with Crippen LogP contribution < -0.4 is 0 Å². The summed E-state index contributed by atoms with van der Waals surface area (Å²) < 4.78 is 0. The van der Waals surface area contributed by atoms with E-state index in [4.69, 9.17) is 0 Å². The van der Waals surface area contributed by atoms with Crippen molar-refractivity contribution in [2.45, 2.75) is 20.3 Å². The molecule has 52 valence electrons. The highest BCUT2D eigenvalue weighted by Crippen LogP contribution is 2.00. The van der Waals surface area contributed by atoms with Crippen molar-refractivity contribution in [2.75, 3.05) is 0 Å². The first-order valence-corrected chi connectivity index (χ1v) is 3.41. The topological polar surface area (TPSA) is 12.4 Å². The average Bonchev–Trinajstić information content (AvgIpc) is 1.90. The fraction of sp³-hybridized carbons (Fsp3) is 0.333. The molecule has 0 amide bonds. The third kappa shape index (κ3) is 2.04. The van der Waals surface area contributed by atoms with Gasteiger partial charge in [0.2, 0.25) is 0 Å². The van der Waals surface area contributed by atoms with Crippen LogP contribution in [0.15, 0.2) is 34.1 Å². The number of allylic oxidation sites excluding steroid dienone is 3. The van der Waals surface area contributed by atoms with E-state index in [1.807, 2.05) is 19.2 Å². The molecule has 1 aliphatic rings. The van der Waals surface area contributed by atoms with Crippen molar-refractivity contribution in [2.24, 2.45) is 4.99 Å². The fourth-order valence-electron chi connectivity index (χ4n) is 0.740. The summed E-state index contributed by atoms with van der Waals surface area (Å²) in [5.74, 6) is 0. The minimum Gasteiger partial charge on any atom is -0.253 e. The van der Waals surface area contributed by atoms with Crippen LogP contribution in [0.5, 0.6) is 0 Å². The maximum atomic E-state index is 4.15. The van der Waals surface area contributed by atoms with Crippen molar-refractivity contribution < 1.29 is 0 Å². The summed E-state index contributed by atoms with van der Waals surface area (Å²) in [7, 11) is 0. The van der Waals surface area contributed by atoms with Crippen molar-refractivity contribution in [3.05, 3.63) is 29.2 Å². The first-order valence-electron chi connectivity index (χ1n) is 3.41. The van der Waals surface area contributed by atoms with E-state index >= 15 is 0 Å². The summed E-state index contributed by atoms with van der Waals surface area (Å²) in [4.78, 5) is 4.15. The predicted molar refractivity (Wildman–Crippen MR) is 44.1 cm³/mol. The van der Waals surface area contributed by atoms with E-state index < -0.39 is 0 Å². The maximum Gasteiger partial charge on any atom is 0.0786 e. The van der Waals surface area contributed by atoms with Gasteiger partial charge in [0.05, 0.1) is 5.70 Å². The number of hydrogen-bond donors (Lipinski definition) is 0. The van der Waals surface area contributed by atoms with Crippen LogP contribution in [0.1, 0.15) is 20.3 Å². The van der Waals surface area contributed by atoms with E-state index in [1.54, 1.807) is 0 Å². The van der Waals surface area contributed by atoms with Gasteiger partial charge in [0.15, 0.2) is 0 Å². The summed E-state index contributed by atoms with van der Waals surface area (Å²) >= 11 is 0. The third-order valence-electron chi connectivity index (χ3n) is 1.33. The summed E-state index contributed by atoms with van der Waals surface area (Å²) in [6.07, 6.45) is 6.96. The molecule has 1 aliphatic heterocycles. The van der Waals surface area contributed by atoms with Crippen LogP contribution in [-0.4, -0.2) is 6.21 Å². The lowest BCUT2D eigenvalue weighted by Gasteiger charge is -1.92. The normalized spacial score (nSPS) is 17.4. The van der Waals surface area contributed by atoms with Gasteiger partial charge in [-0.15, -0.1) is 5.73 Å². The number of hydrogen-bond acceptors (Lipinski definition) is 1. The molecular formula is C9H11N. The molecule has 1 heterocycles. The Morgan fingerprint density at radius 1 is 1.50 bits per heavy atom. The van der Waals surface area contributed by atoms with Crippen molar-refractivity contribution in [3.8, 4) is 0 Å². The first-order chi connectivity index (χ1) is 4.79. The van der Waals surface area contributed by atoms with Crippen LogP contribution in [-0.2, 0) is 0 Å². The summed E-state index contributed by atoms with van der Waals surface area (Å²) in [5, 5.41) is 0. The van der Waals surface area contributed by atoms with Gasteiger partial charge in [-0.05, 0) is 31.9 Å². The molecule has 0 N–H and O–H groups in total. The fourth-order valence-corrected chi connectivity index (χ4v) is 0.740. The van der Waals surface area contributed by atoms with Crippen molar-refractivity contribution in [3.63, 3.8) is 0 Å². The molecule has 0 aromatic rings. The van der Waals surface area contributed by atoms with Crippen LogP contribution in [0, 0.1) is 0 Å². The molecule has 0 atom stereocenters. The van der Waals surface area contributed by atoms with Crippen LogP contribution in [0.3, 0.4) is 0 Å². The molecule has 1 rings (SSSR count). The van der Waals surface area contributed by atoms with Crippen LogP contribution in [0.4, 0.5) is 0 Å². The van der Waals surface area contributed by atoms with E-state index in [2.05, 4.69) is 23.7 Å². The van der Waals surface area contributed by atoms with E-state index in [-0.39, 0.29) is 0 Å². The zero-order chi connectivity index (χ0) is 7.40. The molecule has 10 heavy (non-hydrogen) atoms. The molecule has 0 fully saturated rings. The van der Waals surface area contributed by atoms with Crippen molar-refractivity contribution >= 4 is 6.21 Å². The SMILES string of the molecule is CC1=C=CCC=C(C)C=N1. The molecule has 0 unspecified atom stereocenters. The molecule has 1 nitrogen and oxygen atoms in total. The van der Waals surface area contributed by atoms with Gasteiger partial charge >= 0.3 is 0 Å². The highest BCUT2D eigenvalue weighted by atomic mass is 14.7. The smallest absolute Gasteiger partial charge is 0.0786 e. The molecular weight excluding hydrogens is 122 g/mol. The quantitative estimate of drug-likeness (QED) is 0.450. The molecule has 0 aromatic carbocycles. The lowest BCUT2D eigenvalue weighted by atomic mass is 10.2. The van der Waals surface area contributed by atoms with Gasteiger partial charge in [-0.1, -0.05) is 6.08 Å². The Morgan fingerprint density at radius 2 is 2.30 bits per heavy atom. The Morgan fingerprint density at radius 3 is 3.10 bits per heavy atom. The summed E-state index contributed by atoms with van der Waals surface area (Å²) in [5.41, 5.74) is 5.23. The Balaban J connectivity index is 2.87. The average molecular weight is 133 g/mol. The Bertz CT molecular complexity index is 237. The van der Waals surface area contributed by atoms with Gasteiger partial charge in [0, 0.05) is 6.21 Å². The molecule has 0 spiro atoms. The number of nitrogens with zero attached hydrogens (tertiary/aromatic N) is 1. The van der Waals surface area contributed by atoms with Gasteiger partial charge in [-0.3, -0.25) is 4.99 Å². The highest BCUT2D eigenvalue weighted by molar-refractivity contribution is 5.78. The van der Waals surface area contributed by atoms with Crippen LogP contribution in [0.25, 0.3) is 0 Å². The van der Waals surface area contributed by atoms with Gasteiger partial charge < -0.3 is 0 Å². The first kappa shape index (κ1) is 7.04. The second-order valence-electron chi connectivity index (χ2n) is 2.38. The minimum atomic E-state index is 0.951. The van der Waals surface area contributed by atoms with Gasteiger partial charge in [0.1, 0.15) is 0 Å². The highest BCUT2D eigenvalue weighted by Gasteiger charge is 1.85. The van der Waals surface area contributed by atoms with E-state index in [9.17, 15) is 0 Å². The number of aliphatic imine (C=N–C) groups is 1. The Hall–Kier alpha value is -1.07. The second kappa shape index (κ2) is 3.19. The molecule has 0 aliphatic carbocycles. The van der Waals surface area contributed by atoms with E-state index in [0.717, 1.165) is 12.1 Å². The zero-order valence-electron chi connectivity index (χ0n) is 6.39. The molecule has 0 bridgehead atoms. The lowest BCUT2D eigenvalue weighted by molar-refractivity contribution is 1.27. The largest absolute Gasteiger partial charge is 0.253 e. The molecule has 0 saturated carbocycles. The monoisotopic (exact) mass is 133 g/mol. The van der Waals surface area contributed by atoms with E-state index in [1.165, 1.54) is 5.57 Å². The van der Waals surface area contributed by atoms with Gasteiger partial charge in [-0.2, -0.15) is 0 Å². The maximum absolute atomic E-state index is 4.15. The predicted octanol–water partition coefficient (Wildman–Crippen LogP) is 2.47. The summed E-state index contributed by atoms with van der Waals surface area (Å²) in [6.45, 7) is 4.00. The number of rotatable bonds is 0. The Labute approximate surface area is 61.5 Å². The van der Waals surface area contributed by atoms with Crippen molar-refractivity contribution in [1.82, 2.24) is 0 Å². The van der Waals surface area contributed by atoms with Gasteiger partial charge in [-0.25, -0.2) is 0 Å². The lowest BCUT2D eigenvalue weighted by Crippen LogP contribution is -1.80. The molecule has 0 saturated heterocycles. The minimum absolute atomic E-state index is 0.951. The molecule has 0 radical (unpaired) electrons. The van der Waals surface area contributed by atoms with Gasteiger partial charge in [0.25, 0.3) is 0 Å². The molecule has 0 aromatic heterocycles. The van der Waals surface area contributed by atoms with Crippen LogP contribution >= 0.6 is 0 Å². The zero-order valence-corrected chi connectivity index (χ0v) is 6.39. The third-order valence-corrected chi connectivity index (χ3v) is 1.33. The van der Waals surface area contributed by atoms with Crippen molar-refractivity contribution in [1.29, 1.82) is 0 Å². The second-order valence-corrected chi connectivity index (χ2v) is 2.38.